The lowest BCUT2D eigenvalue weighted by Gasteiger charge is -2.17. The molecule has 1 unspecified atom stereocenters. The number of esters is 1. The van der Waals surface area contributed by atoms with E-state index in [-0.39, 0.29) is 30.1 Å². The highest BCUT2D eigenvalue weighted by Gasteiger charge is 2.23. The highest BCUT2D eigenvalue weighted by atomic mass is 35.5. The molecule has 0 aliphatic carbocycles. The Hall–Kier alpha value is -3.19. The SMILES string of the molecule is CCOC(=O)C(CNC(=O)c1ccc(-n2cnnc2)cc1Cl)c1ccccc1. The van der Waals surface area contributed by atoms with Crippen LogP contribution < -0.4 is 5.32 Å². The van der Waals surface area contributed by atoms with Gasteiger partial charge in [0.05, 0.1) is 23.1 Å². The average Bonchev–Trinajstić information content (AvgIpc) is 3.24. The molecule has 0 aliphatic heterocycles. The molecular weight excluding hydrogens is 380 g/mol. The fourth-order valence-electron chi connectivity index (χ4n) is 2.74. The van der Waals surface area contributed by atoms with Crippen molar-refractivity contribution in [1.29, 1.82) is 0 Å². The fourth-order valence-corrected chi connectivity index (χ4v) is 3.00. The van der Waals surface area contributed by atoms with Crippen LogP contribution in [0.25, 0.3) is 5.69 Å². The molecule has 8 heteroatoms. The lowest BCUT2D eigenvalue weighted by Crippen LogP contribution is -2.32. The zero-order chi connectivity index (χ0) is 19.9. The highest BCUT2D eigenvalue weighted by molar-refractivity contribution is 6.34. The van der Waals surface area contributed by atoms with E-state index in [9.17, 15) is 9.59 Å². The van der Waals surface area contributed by atoms with E-state index in [1.165, 1.54) is 12.7 Å². The molecule has 1 amide bonds. The van der Waals surface area contributed by atoms with Crippen LogP contribution in [-0.2, 0) is 9.53 Å². The number of halogens is 1. The Balaban J connectivity index is 1.73. The Bertz CT molecular complexity index is 945. The molecule has 0 spiro atoms. The summed E-state index contributed by atoms with van der Waals surface area (Å²) in [5.41, 5.74) is 1.82. The quantitative estimate of drug-likeness (QED) is 0.618. The molecule has 1 aromatic heterocycles. The molecule has 0 saturated carbocycles. The summed E-state index contributed by atoms with van der Waals surface area (Å²) in [6.07, 6.45) is 3.07. The summed E-state index contributed by atoms with van der Waals surface area (Å²) < 4.78 is 6.83. The van der Waals surface area contributed by atoms with Crippen molar-refractivity contribution in [2.75, 3.05) is 13.2 Å². The maximum absolute atomic E-state index is 12.6. The van der Waals surface area contributed by atoms with Gasteiger partial charge in [-0.1, -0.05) is 41.9 Å². The third-order valence-electron chi connectivity index (χ3n) is 4.15. The van der Waals surface area contributed by atoms with Gasteiger partial charge in [-0.15, -0.1) is 10.2 Å². The number of carbonyl (C=O) groups is 2. The smallest absolute Gasteiger partial charge is 0.315 e. The summed E-state index contributed by atoms with van der Waals surface area (Å²) in [5, 5.41) is 10.5. The van der Waals surface area contributed by atoms with Gasteiger partial charge < -0.3 is 10.1 Å². The van der Waals surface area contributed by atoms with E-state index in [0.29, 0.717) is 5.56 Å². The van der Waals surface area contributed by atoms with Crippen molar-refractivity contribution in [2.24, 2.45) is 0 Å². The minimum Gasteiger partial charge on any atom is -0.465 e. The first kappa shape index (κ1) is 19.6. The number of ether oxygens (including phenoxy) is 1. The Morgan fingerprint density at radius 1 is 1.14 bits per heavy atom. The molecule has 2 aromatic carbocycles. The van der Waals surface area contributed by atoms with Crippen LogP contribution >= 0.6 is 11.6 Å². The molecule has 0 fully saturated rings. The zero-order valence-electron chi connectivity index (χ0n) is 15.2. The Kier molecular flexibility index (Phi) is 6.39. The second kappa shape index (κ2) is 9.14. The van der Waals surface area contributed by atoms with E-state index in [2.05, 4.69) is 15.5 Å². The number of aromatic nitrogens is 3. The van der Waals surface area contributed by atoms with Gasteiger partial charge in [-0.05, 0) is 30.7 Å². The predicted molar refractivity (Wildman–Crippen MR) is 105 cm³/mol. The molecule has 1 atom stereocenters. The lowest BCUT2D eigenvalue weighted by atomic mass is 9.99. The molecule has 1 N–H and O–H groups in total. The number of benzene rings is 2. The van der Waals surface area contributed by atoms with Crippen LogP contribution in [-0.4, -0.2) is 39.8 Å². The van der Waals surface area contributed by atoms with Crippen LogP contribution in [0.3, 0.4) is 0 Å². The van der Waals surface area contributed by atoms with Crippen molar-refractivity contribution in [1.82, 2.24) is 20.1 Å². The van der Waals surface area contributed by atoms with Crippen molar-refractivity contribution in [3.8, 4) is 5.69 Å². The standard InChI is InChI=1S/C20H19ClN4O3/c1-2-28-20(27)17(14-6-4-3-5-7-14)11-22-19(26)16-9-8-15(10-18(16)21)25-12-23-24-13-25/h3-10,12-13,17H,2,11H2,1H3,(H,22,26). The van der Waals surface area contributed by atoms with E-state index in [4.69, 9.17) is 16.3 Å². The summed E-state index contributed by atoms with van der Waals surface area (Å²) in [6, 6.07) is 14.2. The molecule has 0 bridgehead atoms. The first-order valence-electron chi connectivity index (χ1n) is 8.74. The molecule has 3 rings (SSSR count). The number of hydrogen-bond acceptors (Lipinski definition) is 5. The van der Waals surface area contributed by atoms with Gasteiger partial charge in [0.15, 0.2) is 0 Å². The molecule has 0 radical (unpaired) electrons. The second-order valence-electron chi connectivity index (χ2n) is 5.96. The summed E-state index contributed by atoms with van der Waals surface area (Å²) in [6.45, 7) is 2.12. The lowest BCUT2D eigenvalue weighted by molar-refractivity contribution is -0.144. The van der Waals surface area contributed by atoms with E-state index in [1.807, 2.05) is 30.3 Å². The van der Waals surface area contributed by atoms with E-state index < -0.39 is 5.92 Å². The van der Waals surface area contributed by atoms with Crippen LogP contribution in [0.1, 0.15) is 28.8 Å². The van der Waals surface area contributed by atoms with Crippen LogP contribution in [0.15, 0.2) is 61.2 Å². The predicted octanol–water partition coefficient (Wildman–Crippen LogP) is 3.00. The van der Waals surface area contributed by atoms with Gasteiger partial charge in [0.1, 0.15) is 12.7 Å². The summed E-state index contributed by atoms with van der Waals surface area (Å²) in [4.78, 5) is 24.9. The normalized spacial score (nSPS) is 11.6. The average molecular weight is 399 g/mol. The van der Waals surface area contributed by atoms with E-state index in [1.54, 1.807) is 29.7 Å². The second-order valence-corrected chi connectivity index (χ2v) is 6.37. The monoisotopic (exact) mass is 398 g/mol. The minimum atomic E-state index is -0.597. The maximum atomic E-state index is 12.6. The van der Waals surface area contributed by atoms with Crippen LogP contribution in [0.5, 0.6) is 0 Å². The van der Waals surface area contributed by atoms with Crippen molar-refractivity contribution in [2.45, 2.75) is 12.8 Å². The van der Waals surface area contributed by atoms with Gasteiger partial charge in [-0.25, -0.2) is 0 Å². The van der Waals surface area contributed by atoms with Crippen LogP contribution in [0.4, 0.5) is 0 Å². The van der Waals surface area contributed by atoms with Crippen molar-refractivity contribution in [3.63, 3.8) is 0 Å². The van der Waals surface area contributed by atoms with Gasteiger partial charge in [-0.3, -0.25) is 14.2 Å². The van der Waals surface area contributed by atoms with Gasteiger partial charge in [-0.2, -0.15) is 0 Å². The number of nitrogens with one attached hydrogen (secondary N) is 1. The van der Waals surface area contributed by atoms with Crippen molar-refractivity contribution >= 4 is 23.5 Å². The van der Waals surface area contributed by atoms with Gasteiger partial charge in [0.2, 0.25) is 0 Å². The van der Waals surface area contributed by atoms with Gasteiger partial charge in [0, 0.05) is 12.2 Å². The van der Waals surface area contributed by atoms with Gasteiger partial charge >= 0.3 is 5.97 Å². The first-order valence-corrected chi connectivity index (χ1v) is 9.12. The Morgan fingerprint density at radius 3 is 2.50 bits per heavy atom. The molecule has 0 aliphatic rings. The molecule has 144 valence electrons. The number of amides is 1. The van der Waals surface area contributed by atoms with Crippen molar-refractivity contribution < 1.29 is 14.3 Å². The number of hydrogen-bond donors (Lipinski definition) is 1. The molecule has 1 heterocycles. The Labute approximate surface area is 167 Å². The number of nitrogens with zero attached hydrogens (tertiary/aromatic N) is 3. The summed E-state index contributed by atoms with van der Waals surface area (Å²) in [7, 11) is 0. The third kappa shape index (κ3) is 4.55. The maximum Gasteiger partial charge on any atom is 0.315 e. The zero-order valence-corrected chi connectivity index (χ0v) is 16.0. The molecular formula is C20H19ClN4O3. The summed E-state index contributed by atoms with van der Waals surface area (Å²) >= 11 is 6.28. The van der Waals surface area contributed by atoms with Crippen molar-refractivity contribution in [3.05, 3.63) is 77.3 Å². The van der Waals surface area contributed by atoms with Gasteiger partial charge in [0.25, 0.3) is 5.91 Å². The third-order valence-corrected chi connectivity index (χ3v) is 4.47. The Morgan fingerprint density at radius 2 is 1.86 bits per heavy atom. The highest BCUT2D eigenvalue weighted by Crippen LogP contribution is 2.21. The molecule has 28 heavy (non-hydrogen) atoms. The van der Waals surface area contributed by atoms with Crippen LogP contribution in [0, 0.1) is 0 Å². The first-order chi connectivity index (χ1) is 13.6. The molecule has 3 aromatic rings. The molecule has 7 nitrogen and oxygen atoms in total. The van der Waals surface area contributed by atoms with E-state index >= 15 is 0 Å². The largest absolute Gasteiger partial charge is 0.465 e. The number of carbonyl (C=O) groups excluding carboxylic acids is 2. The van der Waals surface area contributed by atoms with E-state index in [0.717, 1.165) is 11.3 Å². The number of rotatable bonds is 7. The van der Waals surface area contributed by atoms with Crippen LogP contribution in [0.2, 0.25) is 5.02 Å². The molecule has 0 saturated heterocycles. The minimum absolute atomic E-state index is 0.102. The fraction of sp³-hybridized carbons (Fsp3) is 0.200. The summed E-state index contributed by atoms with van der Waals surface area (Å²) in [5.74, 6) is -1.35. The topological polar surface area (TPSA) is 86.1 Å².